The molecule has 2 aliphatic heterocycles. The molecule has 1 aromatic carbocycles. The quantitative estimate of drug-likeness (QED) is 0.285. The van der Waals surface area contributed by atoms with Gasteiger partial charge in [0.1, 0.15) is 11.7 Å². The normalized spacial score (nSPS) is 20.8. The maximum absolute atomic E-state index is 13.7. The van der Waals surface area contributed by atoms with Gasteiger partial charge in [-0.15, -0.1) is 0 Å². The topological polar surface area (TPSA) is 89.0 Å². The van der Waals surface area contributed by atoms with E-state index in [1.807, 2.05) is 13.0 Å². The number of Topliss-reactive ketones (excluding diaryl/α,β-unsaturated/α-hetero) is 2. The van der Waals surface area contributed by atoms with Gasteiger partial charge in [0.05, 0.1) is 25.9 Å². The summed E-state index contributed by atoms with van der Waals surface area (Å²) in [6, 6.07) is 8.12. The number of pyridine rings is 1. The van der Waals surface area contributed by atoms with Gasteiger partial charge < -0.3 is 14.4 Å². The van der Waals surface area contributed by atoms with Crippen LogP contribution in [0.15, 0.2) is 42.7 Å². The number of ether oxygens (including phenoxy) is 2. The Balaban J connectivity index is 1.56. The molecule has 2 fully saturated rings. The van der Waals surface area contributed by atoms with Gasteiger partial charge >= 0.3 is 0 Å². The zero-order chi connectivity index (χ0) is 25.7. The Morgan fingerprint density at radius 2 is 1.94 bits per heavy atom. The molecule has 8 heteroatoms. The number of morpholine rings is 1. The van der Waals surface area contributed by atoms with Crippen molar-refractivity contribution in [2.45, 2.75) is 33.2 Å². The van der Waals surface area contributed by atoms with Crippen molar-refractivity contribution in [1.29, 1.82) is 0 Å². The second kappa shape index (κ2) is 11.8. The molecule has 1 aromatic heterocycles. The van der Waals surface area contributed by atoms with Gasteiger partial charge in [-0.05, 0) is 54.7 Å². The highest BCUT2D eigenvalue weighted by atomic mass is 16.5. The highest BCUT2D eigenvalue weighted by molar-refractivity contribution is 6.44. The Bertz CT molecular complexity index is 1080. The van der Waals surface area contributed by atoms with Crippen molar-refractivity contribution in [3.63, 3.8) is 0 Å². The fraction of sp³-hybridized carbons (Fsp3) is 0.500. The molecule has 2 atom stereocenters. The van der Waals surface area contributed by atoms with Gasteiger partial charge in [-0.3, -0.25) is 24.3 Å². The molecule has 0 N–H and O–H groups in total. The van der Waals surface area contributed by atoms with Crippen LogP contribution in [0.4, 0.5) is 0 Å². The lowest BCUT2D eigenvalue weighted by molar-refractivity contribution is -0.140. The summed E-state index contributed by atoms with van der Waals surface area (Å²) in [5, 5.41) is 0. The van der Waals surface area contributed by atoms with Crippen LogP contribution in [0, 0.1) is 18.8 Å². The third-order valence-electron chi connectivity index (χ3n) is 6.72. The van der Waals surface area contributed by atoms with Gasteiger partial charge in [0.15, 0.2) is 5.78 Å². The molecule has 2 aliphatic rings. The molecule has 8 nitrogen and oxygen atoms in total. The van der Waals surface area contributed by atoms with Crippen molar-refractivity contribution >= 4 is 17.5 Å². The SMILES string of the molecule is Cc1cc(C(=O)C2C(=O)C(=O)N(CCCN3CCOCC3)C2c2cccnc2)ccc1OCC(C)C. The molecular weight excluding hydrogens is 458 g/mol. The van der Waals surface area contributed by atoms with Crippen molar-refractivity contribution in [1.82, 2.24) is 14.8 Å². The van der Waals surface area contributed by atoms with Crippen LogP contribution in [-0.2, 0) is 14.3 Å². The number of nitrogens with zero attached hydrogens (tertiary/aromatic N) is 3. The van der Waals surface area contributed by atoms with Crippen molar-refractivity contribution in [2.24, 2.45) is 11.8 Å². The van der Waals surface area contributed by atoms with Crippen molar-refractivity contribution < 1.29 is 23.9 Å². The minimum atomic E-state index is -1.10. The first kappa shape index (κ1) is 26.0. The second-order valence-electron chi connectivity index (χ2n) is 9.93. The molecule has 0 bridgehead atoms. The predicted octanol–water partition coefficient (Wildman–Crippen LogP) is 3.10. The van der Waals surface area contributed by atoms with Crippen LogP contribution in [0.1, 0.15) is 47.8 Å². The zero-order valence-corrected chi connectivity index (χ0v) is 21.3. The number of hydrogen-bond donors (Lipinski definition) is 0. The largest absolute Gasteiger partial charge is 0.493 e. The Morgan fingerprint density at radius 3 is 2.61 bits per heavy atom. The first-order valence-electron chi connectivity index (χ1n) is 12.7. The van der Waals surface area contributed by atoms with Crippen molar-refractivity contribution in [3.05, 3.63) is 59.4 Å². The van der Waals surface area contributed by atoms with Crippen molar-refractivity contribution in [3.8, 4) is 5.75 Å². The van der Waals surface area contributed by atoms with Crippen molar-refractivity contribution in [2.75, 3.05) is 46.0 Å². The molecule has 36 heavy (non-hydrogen) atoms. The second-order valence-corrected chi connectivity index (χ2v) is 9.93. The van der Waals surface area contributed by atoms with Crippen LogP contribution in [0.5, 0.6) is 5.75 Å². The smallest absolute Gasteiger partial charge is 0.291 e. The van der Waals surface area contributed by atoms with Crippen LogP contribution < -0.4 is 4.74 Å². The zero-order valence-electron chi connectivity index (χ0n) is 21.3. The van der Waals surface area contributed by atoms with E-state index in [1.165, 1.54) is 0 Å². The van der Waals surface area contributed by atoms with Gasteiger partial charge in [-0.2, -0.15) is 0 Å². The molecule has 2 unspecified atom stereocenters. The molecule has 192 valence electrons. The summed E-state index contributed by atoms with van der Waals surface area (Å²) in [5.41, 5.74) is 1.91. The van der Waals surface area contributed by atoms with Gasteiger partial charge in [0.25, 0.3) is 5.91 Å². The number of benzene rings is 1. The average Bonchev–Trinajstić information content (AvgIpc) is 3.13. The number of rotatable bonds is 10. The molecule has 2 aromatic rings. The summed E-state index contributed by atoms with van der Waals surface area (Å²) < 4.78 is 11.2. The van der Waals surface area contributed by atoms with Gasteiger partial charge in [0.2, 0.25) is 5.78 Å². The van der Waals surface area contributed by atoms with Crippen LogP contribution in [0.2, 0.25) is 0 Å². The Kier molecular flexibility index (Phi) is 8.48. The summed E-state index contributed by atoms with van der Waals surface area (Å²) in [5.74, 6) is -1.62. The molecule has 4 rings (SSSR count). The molecule has 0 aliphatic carbocycles. The van der Waals surface area contributed by atoms with Crippen LogP contribution in [0.25, 0.3) is 0 Å². The molecule has 1 amide bonds. The number of aryl methyl sites for hydroxylation is 1. The maximum Gasteiger partial charge on any atom is 0.291 e. The van der Waals surface area contributed by atoms with E-state index in [-0.39, 0.29) is 5.78 Å². The van der Waals surface area contributed by atoms with E-state index in [9.17, 15) is 14.4 Å². The molecule has 0 radical (unpaired) electrons. The number of likely N-dealkylation sites (tertiary alicyclic amines) is 1. The molecule has 3 heterocycles. The summed E-state index contributed by atoms with van der Waals surface area (Å²) >= 11 is 0. The maximum atomic E-state index is 13.7. The summed E-state index contributed by atoms with van der Waals surface area (Å²) in [4.78, 5) is 48.1. The van der Waals surface area contributed by atoms with Crippen LogP contribution in [-0.4, -0.2) is 78.3 Å². The first-order chi connectivity index (χ1) is 17.4. The highest BCUT2D eigenvalue weighted by Crippen LogP contribution is 2.38. The van der Waals surface area contributed by atoms with E-state index in [2.05, 4.69) is 23.7 Å². The summed E-state index contributed by atoms with van der Waals surface area (Å²) in [6.07, 6.45) is 3.98. The van der Waals surface area contributed by atoms with E-state index in [4.69, 9.17) is 9.47 Å². The monoisotopic (exact) mass is 493 g/mol. The summed E-state index contributed by atoms with van der Waals surface area (Å²) in [6.45, 7) is 10.9. The summed E-state index contributed by atoms with van der Waals surface area (Å²) in [7, 11) is 0. The van der Waals surface area contributed by atoms with Gasteiger partial charge in [0, 0.05) is 44.1 Å². The number of carbonyl (C=O) groups is 3. The first-order valence-corrected chi connectivity index (χ1v) is 12.7. The minimum absolute atomic E-state index is 0.351. The number of ketones is 2. The molecule has 0 spiro atoms. The third-order valence-corrected chi connectivity index (χ3v) is 6.72. The lowest BCUT2D eigenvalue weighted by Gasteiger charge is -2.30. The molecule has 2 saturated heterocycles. The molecule has 0 saturated carbocycles. The Labute approximate surface area is 212 Å². The standard InChI is InChI=1S/C28H35N3O5/c1-19(2)18-36-23-8-7-21(16-20(23)3)26(32)24-25(22-6-4-9-29-17-22)31(28(34)27(24)33)11-5-10-30-12-14-35-15-13-30/h4,6-9,16-17,19,24-25H,5,10-15,18H2,1-3H3. The predicted molar refractivity (Wildman–Crippen MR) is 135 cm³/mol. The fourth-order valence-corrected chi connectivity index (χ4v) is 4.84. The Morgan fingerprint density at radius 1 is 1.17 bits per heavy atom. The Hall–Kier alpha value is -3.10. The van der Waals surface area contributed by atoms with Gasteiger partial charge in [-0.25, -0.2) is 0 Å². The lowest BCUT2D eigenvalue weighted by atomic mass is 9.86. The molecular formula is C28H35N3O5. The lowest BCUT2D eigenvalue weighted by Crippen LogP contribution is -2.39. The number of hydrogen-bond acceptors (Lipinski definition) is 7. The average molecular weight is 494 g/mol. The fourth-order valence-electron chi connectivity index (χ4n) is 4.84. The highest BCUT2D eigenvalue weighted by Gasteiger charge is 2.51. The van der Waals surface area contributed by atoms with Gasteiger partial charge in [-0.1, -0.05) is 19.9 Å². The van der Waals surface area contributed by atoms with E-state index in [1.54, 1.807) is 41.6 Å². The van der Waals surface area contributed by atoms with Crippen LogP contribution in [0.3, 0.4) is 0 Å². The van der Waals surface area contributed by atoms with E-state index < -0.39 is 23.7 Å². The third kappa shape index (κ3) is 5.82. The van der Waals surface area contributed by atoms with E-state index in [0.717, 1.165) is 25.2 Å². The van der Waals surface area contributed by atoms with E-state index in [0.29, 0.717) is 55.6 Å². The minimum Gasteiger partial charge on any atom is -0.493 e. The van der Waals surface area contributed by atoms with E-state index >= 15 is 0 Å². The van der Waals surface area contributed by atoms with Crippen LogP contribution >= 0.6 is 0 Å². The number of amides is 1. The number of aromatic nitrogens is 1. The number of carbonyl (C=O) groups excluding carboxylic acids is 3.